The third kappa shape index (κ3) is 6.74. The van der Waals surface area contributed by atoms with Gasteiger partial charge in [0.05, 0.1) is 17.5 Å². The Kier molecular flexibility index (Phi) is 8.98. The fourth-order valence-electron chi connectivity index (χ4n) is 9.44. The molecular formula is C43H48N7O7+. The second kappa shape index (κ2) is 13.8. The average Bonchev–Trinajstić information content (AvgIpc) is 3.44. The number of hydrogen-bond donors (Lipinski definition) is 5. The van der Waals surface area contributed by atoms with Crippen molar-refractivity contribution in [3.8, 4) is 22.8 Å². The standard InChI is InChI=1S/C43H47N7O7/c1-22-11-31(51)38-32(54-22)17-33-37(39(38)52)28-12-24(18-46-4)7-9-43(41(53)55-40(28)42(2,3)56-33)34(57-43)6-5-23-13-29(49-35(44)14-23)26-15-27(48-36(45)16-26)20-50-19-25-8-10-47-30(25)21-50/h8,10-11,13-17,21,24,28,34,40,46,52H,5-7,9,12,18-20H2,1-4H3,(H2,44,49)(H2,45,48)/p+1/t24-,28+,34-,40-,43-/m1/s1. The maximum atomic E-state index is 14.4. The topological polar surface area (TPSA) is 205 Å². The molecule has 14 heteroatoms. The number of esters is 1. The SMILES string of the molecule is CNC[C@@H]1CC[C@]2(O[C@@H]2CCc2cc(N)nc(-c3cc(N)nc(C[NH+]4C=C5N=CC=C5C4)c3)c2)C(=O)O[C@@H]2[C@@H](C1)c1c(cc3oc(C)cc(=O)c3c1O)OC2(C)C. The number of ether oxygens (including phenoxy) is 3. The van der Waals surface area contributed by atoms with E-state index in [1.807, 2.05) is 57.5 Å². The lowest BCUT2D eigenvalue weighted by molar-refractivity contribution is -0.852. The lowest BCUT2D eigenvalue weighted by atomic mass is 9.75. The Morgan fingerprint density at radius 1 is 1.07 bits per heavy atom. The number of phenolic OH excluding ortho intramolecular Hbond substituents is 1. The Labute approximate surface area is 329 Å². The molecule has 2 fully saturated rings. The summed E-state index contributed by atoms with van der Waals surface area (Å²) in [5.41, 5.74) is 16.5. The summed E-state index contributed by atoms with van der Waals surface area (Å²) in [6.45, 7) is 7.62. The van der Waals surface area contributed by atoms with Gasteiger partial charge in [-0.3, -0.25) is 14.7 Å². The van der Waals surface area contributed by atoms with Crippen LogP contribution < -0.4 is 31.8 Å². The number of aryl methyl sites for hydroxylation is 2. The van der Waals surface area contributed by atoms with E-state index in [1.54, 1.807) is 13.0 Å². The van der Waals surface area contributed by atoms with Gasteiger partial charge in [0.2, 0.25) is 0 Å². The molecule has 0 amide bonds. The number of epoxide rings is 1. The number of phenols is 1. The van der Waals surface area contributed by atoms with E-state index in [-0.39, 0.29) is 34.2 Å². The number of allylic oxidation sites excluding steroid dienone is 1. The van der Waals surface area contributed by atoms with Crippen molar-refractivity contribution in [3.63, 3.8) is 0 Å². The van der Waals surface area contributed by atoms with Gasteiger partial charge < -0.3 is 40.5 Å². The second-order valence-electron chi connectivity index (χ2n) is 16.7. The number of carbonyl (C=O) groups is 1. The third-order valence-electron chi connectivity index (χ3n) is 12.1. The van der Waals surface area contributed by atoms with Crippen molar-refractivity contribution in [3.05, 3.63) is 92.7 Å². The Morgan fingerprint density at radius 3 is 2.70 bits per heavy atom. The maximum absolute atomic E-state index is 14.4. The van der Waals surface area contributed by atoms with E-state index in [0.29, 0.717) is 79.6 Å². The highest BCUT2D eigenvalue weighted by atomic mass is 16.7. The molecule has 1 spiro atoms. The number of anilines is 2. The molecule has 57 heavy (non-hydrogen) atoms. The molecule has 6 atom stereocenters. The first-order chi connectivity index (χ1) is 27.3. The van der Waals surface area contributed by atoms with Gasteiger partial charge >= 0.3 is 5.97 Å². The lowest BCUT2D eigenvalue weighted by Gasteiger charge is -2.45. The van der Waals surface area contributed by atoms with E-state index in [2.05, 4.69) is 26.5 Å². The van der Waals surface area contributed by atoms with E-state index in [0.717, 1.165) is 29.1 Å². The number of benzene rings is 1. The molecule has 1 aromatic carbocycles. The minimum Gasteiger partial charge on any atom is -0.507 e. The van der Waals surface area contributed by atoms with Gasteiger partial charge in [-0.15, -0.1) is 0 Å². The Hall–Kier alpha value is -5.57. The molecule has 0 aliphatic carbocycles. The van der Waals surface area contributed by atoms with Crippen LogP contribution in [0.4, 0.5) is 11.6 Å². The predicted molar refractivity (Wildman–Crippen MR) is 214 cm³/mol. The van der Waals surface area contributed by atoms with E-state index < -0.39 is 29.2 Å². The number of aliphatic imine (C=N–C) groups is 1. The number of aromatic hydroxyl groups is 1. The quantitative estimate of drug-likeness (QED) is 0.129. The zero-order chi connectivity index (χ0) is 39.8. The number of nitrogen functional groups attached to an aromatic ring is 2. The van der Waals surface area contributed by atoms with Gasteiger partial charge in [0, 0.05) is 41.0 Å². The van der Waals surface area contributed by atoms with Gasteiger partial charge in [-0.2, -0.15) is 0 Å². The first kappa shape index (κ1) is 37.0. The zero-order valence-corrected chi connectivity index (χ0v) is 32.6. The van der Waals surface area contributed by atoms with Gasteiger partial charge in [-0.05, 0) is 108 Å². The van der Waals surface area contributed by atoms with Crippen molar-refractivity contribution in [1.29, 1.82) is 0 Å². The normalized spacial score (nSPS) is 27.0. The predicted octanol–water partition coefficient (Wildman–Crippen LogP) is 3.64. The van der Waals surface area contributed by atoms with Crippen LogP contribution >= 0.6 is 0 Å². The highest BCUT2D eigenvalue weighted by molar-refractivity contribution is 5.88. The van der Waals surface area contributed by atoms with Gasteiger partial charge in [-0.25, -0.2) is 14.8 Å². The van der Waals surface area contributed by atoms with Crippen LogP contribution in [-0.4, -0.2) is 70.8 Å². The van der Waals surface area contributed by atoms with Crippen molar-refractivity contribution in [2.24, 2.45) is 10.9 Å². The van der Waals surface area contributed by atoms with Gasteiger partial charge in [0.25, 0.3) is 0 Å². The number of pyridine rings is 2. The summed E-state index contributed by atoms with van der Waals surface area (Å²) in [5.74, 6) is 0.628. The minimum absolute atomic E-state index is 0.0871. The lowest BCUT2D eigenvalue weighted by Crippen LogP contribution is -3.04. The molecule has 5 aliphatic heterocycles. The van der Waals surface area contributed by atoms with Gasteiger partial charge in [-0.1, -0.05) is 0 Å². The summed E-state index contributed by atoms with van der Waals surface area (Å²) < 4.78 is 25.1. The number of hydrogen-bond acceptors (Lipinski definition) is 13. The average molecular weight is 775 g/mol. The van der Waals surface area contributed by atoms with Crippen LogP contribution in [0.5, 0.6) is 11.5 Å². The summed E-state index contributed by atoms with van der Waals surface area (Å²) in [6, 6.07) is 10.7. The van der Waals surface area contributed by atoms with E-state index >= 15 is 0 Å². The molecule has 1 unspecified atom stereocenters. The first-order valence-corrected chi connectivity index (χ1v) is 19.7. The van der Waals surface area contributed by atoms with E-state index in [1.165, 1.54) is 16.5 Å². The number of fused-ring (bicyclic) bond motifs is 5. The molecule has 4 aromatic rings. The molecule has 9 rings (SSSR count). The number of aromatic nitrogens is 2. The van der Waals surface area contributed by atoms with Crippen molar-refractivity contribution in [2.75, 3.05) is 31.6 Å². The molecule has 2 saturated heterocycles. The van der Waals surface area contributed by atoms with Crippen molar-refractivity contribution < 1.29 is 33.4 Å². The maximum Gasteiger partial charge on any atom is 0.341 e. The number of carbonyl (C=O) groups excluding carboxylic acids is 1. The van der Waals surface area contributed by atoms with Gasteiger partial charge in [0.15, 0.2) is 11.0 Å². The summed E-state index contributed by atoms with van der Waals surface area (Å²) >= 11 is 0. The molecule has 5 aliphatic rings. The number of rotatable bonds is 8. The molecule has 3 aromatic heterocycles. The molecule has 0 radical (unpaired) electrons. The third-order valence-corrected chi connectivity index (χ3v) is 12.1. The van der Waals surface area contributed by atoms with E-state index in [4.69, 9.17) is 30.1 Å². The fourth-order valence-corrected chi connectivity index (χ4v) is 9.44. The molecular weight excluding hydrogens is 727 g/mol. The van der Waals surface area contributed by atoms with Crippen LogP contribution in [0.2, 0.25) is 0 Å². The monoisotopic (exact) mass is 774 g/mol. The van der Waals surface area contributed by atoms with Crippen LogP contribution in [0.15, 0.2) is 74.1 Å². The Balaban J connectivity index is 0.953. The van der Waals surface area contributed by atoms with Gasteiger partial charge in [0.1, 0.15) is 76.6 Å². The fraction of sp³-hybridized carbons (Fsp3) is 0.419. The summed E-state index contributed by atoms with van der Waals surface area (Å²) in [4.78, 5) is 42.4. The molecule has 14 nitrogen and oxygen atoms in total. The zero-order valence-electron chi connectivity index (χ0n) is 32.6. The summed E-state index contributed by atoms with van der Waals surface area (Å²) in [7, 11) is 1.90. The Bertz CT molecular complexity index is 2470. The smallest absolute Gasteiger partial charge is 0.341 e. The van der Waals surface area contributed by atoms with Crippen LogP contribution in [0.1, 0.15) is 68.0 Å². The van der Waals surface area contributed by atoms with Crippen LogP contribution in [0.25, 0.3) is 22.2 Å². The molecule has 8 heterocycles. The highest BCUT2D eigenvalue weighted by Crippen LogP contribution is 2.54. The number of quaternary nitrogens is 1. The molecule has 296 valence electrons. The van der Waals surface area contributed by atoms with Crippen LogP contribution in [0.3, 0.4) is 0 Å². The molecule has 7 N–H and O–H groups in total. The summed E-state index contributed by atoms with van der Waals surface area (Å²) in [6.07, 6.45) is 7.74. The van der Waals surface area contributed by atoms with Crippen molar-refractivity contribution in [1.82, 2.24) is 15.3 Å². The number of nitrogens with two attached hydrogens (primary N) is 2. The van der Waals surface area contributed by atoms with Crippen molar-refractivity contribution >= 4 is 34.8 Å². The second-order valence-corrected chi connectivity index (χ2v) is 16.7. The molecule has 0 saturated carbocycles. The summed E-state index contributed by atoms with van der Waals surface area (Å²) in [5, 5.41) is 15.1. The molecule has 0 bridgehead atoms. The van der Waals surface area contributed by atoms with E-state index in [9.17, 15) is 14.7 Å². The number of nitrogens with zero attached hydrogens (tertiary/aromatic N) is 3. The Morgan fingerprint density at radius 2 is 1.89 bits per heavy atom. The number of nitrogens with one attached hydrogen (secondary N) is 2. The largest absolute Gasteiger partial charge is 0.507 e. The van der Waals surface area contributed by atoms with Crippen LogP contribution in [0, 0.1) is 12.8 Å². The van der Waals surface area contributed by atoms with Crippen LogP contribution in [-0.2, 0) is 27.2 Å². The highest BCUT2D eigenvalue weighted by Gasteiger charge is 2.65. The minimum atomic E-state index is -1.12. The first-order valence-electron chi connectivity index (χ1n) is 19.7. The van der Waals surface area contributed by atoms with Crippen molar-refractivity contribution in [2.45, 2.75) is 88.7 Å².